The molecule has 1 heterocycles. The maximum absolute atomic E-state index is 12.9. The van der Waals surface area contributed by atoms with Crippen molar-refractivity contribution in [2.75, 3.05) is 7.11 Å². The van der Waals surface area contributed by atoms with E-state index in [1.807, 2.05) is 44.2 Å². The minimum Gasteiger partial charge on any atom is -0.497 e. The number of ether oxygens (including phenoxy) is 1. The summed E-state index contributed by atoms with van der Waals surface area (Å²) in [4.78, 5) is 38.1. The summed E-state index contributed by atoms with van der Waals surface area (Å²) in [6.45, 7) is 4.35. The van der Waals surface area contributed by atoms with Gasteiger partial charge < -0.3 is 10.1 Å². The first kappa shape index (κ1) is 21.1. The summed E-state index contributed by atoms with van der Waals surface area (Å²) in [6, 6.07) is 12.2. The molecule has 1 aromatic heterocycles. The lowest BCUT2D eigenvalue weighted by molar-refractivity contribution is 0.0951. The Hall–Kier alpha value is -3.61. The predicted molar refractivity (Wildman–Crippen MR) is 117 cm³/mol. The van der Waals surface area contributed by atoms with Crippen molar-refractivity contribution in [1.82, 2.24) is 14.5 Å². The number of aryl methyl sites for hydroxylation is 1. The number of benzene rings is 2. The number of amides is 1. The van der Waals surface area contributed by atoms with Gasteiger partial charge in [0, 0.05) is 25.7 Å². The Labute approximate surface area is 174 Å². The molecule has 0 aliphatic carbocycles. The van der Waals surface area contributed by atoms with Crippen molar-refractivity contribution >= 4 is 16.8 Å². The smallest absolute Gasteiger partial charge is 0.331 e. The Balaban J connectivity index is 1.91. The lowest BCUT2D eigenvalue weighted by atomic mass is 10.1. The topological polar surface area (TPSA) is 82.3 Å². The molecule has 0 saturated carbocycles. The second-order valence-electron chi connectivity index (χ2n) is 7.30. The Bertz CT molecular complexity index is 1230. The zero-order valence-corrected chi connectivity index (χ0v) is 17.6. The van der Waals surface area contributed by atoms with Gasteiger partial charge in [-0.2, -0.15) is 0 Å². The molecule has 0 bridgehead atoms. The average molecular weight is 407 g/mol. The third-order valence-electron chi connectivity index (χ3n) is 4.91. The summed E-state index contributed by atoms with van der Waals surface area (Å²) in [7, 11) is 3.21. The van der Waals surface area contributed by atoms with Crippen LogP contribution in [0, 0.1) is 0 Å². The number of carbonyl (C=O) groups excluding carboxylic acids is 1. The molecule has 0 spiro atoms. The van der Waals surface area contributed by atoms with Crippen molar-refractivity contribution in [3.8, 4) is 5.75 Å². The molecular weight excluding hydrogens is 382 g/mol. The lowest BCUT2D eigenvalue weighted by Crippen LogP contribution is -2.39. The van der Waals surface area contributed by atoms with Gasteiger partial charge in [0.1, 0.15) is 5.75 Å². The summed E-state index contributed by atoms with van der Waals surface area (Å²) in [5.41, 5.74) is 2.00. The molecule has 7 nitrogen and oxygen atoms in total. The molecule has 0 atom stereocenters. The highest BCUT2D eigenvalue weighted by Crippen LogP contribution is 2.13. The number of allylic oxidation sites excluding steroid dienone is 2. The fourth-order valence-electron chi connectivity index (χ4n) is 3.12. The first-order valence-electron chi connectivity index (χ1n) is 9.60. The zero-order valence-electron chi connectivity index (χ0n) is 17.6. The number of carbonyl (C=O) groups is 1. The van der Waals surface area contributed by atoms with Crippen LogP contribution in [0.15, 0.2) is 63.7 Å². The Kier molecular flexibility index (Phi) is 6.20. The Morgan fingerprint density at radius 3 is 2.43 bits per heavy atom. The summed E-state index contributed by atoms with van der Waals surface area (Å²) in [5.74, 6) is 0.450. The van der Waals surface area contributed by atoms with Gasteiger partial charge in [-0.1, -0.05) is 23.8 Å². The summed E-state index contributed by atoms with van der Waals surface area (Å²) >= 11 is 0. The van der Waals surface area contributed by atoms with Crippen LogP contribution < -0.4 is 21.3 Å². The van der Waals surface area contributed by atoms with E-state index in [2.05, 4.69) is 5.32 Å². The minimum absolute atomic E-state index is 0.192. The molecule has 0 saturated heterocycles. The number of hydrogen-bond donors (Lipinski definition) is 1. The fourth-order valence-corrected chi connectivity index (χ4v) is 3.12. The van der Waals surface area contributed by atoms with Crippen LogP contribution in [0.1, 0.15) is 29.8 Å². The molecular formula is C23H25N3O4. The Morgan fingerprint density at radius 2 is 1.80 bits per heavy atom. The molecule has 0 radical (unpaired) electrons. The van der Waals surface area contributed by atoms with E-state index in [9.17, 15) is 14.4 Å². The highest BCUT2D eigenvalue weighted by atomic mass is 16.5. The third kappa shape index (κ3) is 4.35. The first-order valence-corrected chi connectivity index (χ1v) is 9.60. The largest absolute Gasteiger partial charge is 0.497 e. The highest BCUT2D eigenvalue weighted by Gasteiger charge is 2.13. The van der Waals surface area contributed by atoms with Crippen LogP contribution in [0.25, 0.3) is 10.9 Å². The van der Waals surface area contributed by atoms with Gasteiger partial charge in [0.25, 0.3) is 11.5 Å². The van der Waals surface area contributed by atoms with Crippen LogP contribution in [0.4, 0.5) is 0 Å². The van der Waals surface area contributed by atoms with E-state index in [-0.39, 0.29) is 18.1 Å². The summed E-state index contributed by atoms with van der Waals surface area (Å²) in [5, 5.41) is 3.18. The number of aromatic nitrogens is 2. The van der Waals surface area contributed by atoms with Crippen LogP contribution >= 0.6 is 0 Å². The predicted octanol–water partition coefficient (Wildman–Crippen LogP) is 2.61. The molecule has 0 aliphatic rings. The van der Waals surface area contributed by atoms with Gasteiger partial charge in [-0.3, -0.25) is 18.7 Å². The van der Waals surface area contributed by atoms with Gasteiger partial charge in [0.2, 0.25) is 0 Å². The normalized spacial score (nSPS) is 10.7. The van der Waals surface area contributed by atoms with E-state index in [4.69, 9.17) is 4.74 Å². The summed E-state index contributed by atoms with van der Waals surface area (Å²) in [6.07, 6.45) is 1.82. The average Bonchev–Trinajstić information content (AvgIpc) is 2.75. The monoisotopic (exact) mass is 407 g/mol. The maximum atomic E-state index is 12.9. The van der Waals surface area contributed by atoms with Gasteiger partial charge >= 0.3 is 5.69 Å². The van der Waals surface area contributed by atoms with E-state index in [0.717, 1.165) is 16.9 Å². The van der Waals surface area contributed by atoms with Crippen LogP contribution in [-0.4, -0.2) is 22.2 Å². The number of rotatable bonds is 6. The van der Waals surface area contributed by atoms with Crippen molar-refractivity contribution < 1.29 is 9.53 Å². The number of methoxy groups -OCH3 is 1. The standard InChI is InChI=1S/C23H25N3O4/c1-15(2)11-12-26-22(28)19-13-17(7-10-20(19)25(3)23(26)29)21(27)24-14-16-5-8-18(30-4)9-6-16/h5-11,13H,12,14H2,1-4H3,(H,24,27). The van der Waals surface area contributed by atoms with Gasteiger partial charge in [0.05, 0.1) is 18.0 Å². The number of nitrogens with one attached hydrogen (secondary N) is 1. The molecule has 7 heteroatoms. The number of nitrogens with zero attached hydrogens (tertiary/aromatic N) is 2. The van der Waals surface area contributed by atoms with Gasteiger partial charge in [-0.25, -0.2) is 4.79 Å². The van der Waals surface area contributed by atoms with E-state index >= 15 is 0 Å². The van der Waals surface area contributed by atoms with Gasteiger partial charge in [-0.15, -0.1) is 0 Å². The molecule has 30 heavy (non-hydrogen) atoms. The van der Waals surface area contributed by atoms with E-state index in [1.165, 1.54) is 9.13 Å². The third-order valence-corrected chi connectivity index (χ3v) is 4.91. The number of fused-ring (bicyclic) bond motifs is 1. The van der Waals surface area contributed by atoms with Crippen LogP contribution in [0.5, 0.6) is 5.75 Å². The van der Waals surface area contributed by atoms with Gasteiger partial charge in [-0.05, 0) is 49.7 Å². The molecule has 0 aliphatic heterocycles. The van der Waals surface area contributed by atoms with Crippen molar-refractivity contribution in [3.05, 3.63) is 86.1 Å². The number of hydrogen-bond acceptors (Lipinski definition) is 4. The van der Waals surface area contributed by atoms with Crippen molar-refractivity contribution in [2.45, 2.75) is 26.9 Å². The van der Waals surface area contributed by atoms with Crippen LogP contribution in [-0.2, 0) is 20.1 Å². The molecule has 1 amide bonds. The van der Waals surface area contributed by atoms with Crippen LogP contribution in [0.2, 0.25) is 0 Å². The molecule has 2 aromatic carbocycles. The summed E-state index contributed by atoms with van der Waals surface area (Å²) < 4.78 is 7.73. The van der Waals surface area contributed by atoms with E-state index in [0.29, 0.717) is 23.0 Å². The Morgan fingerprint density at radius 1 is 1.10 bits per heavy atom. The SMILES string of the molecule is COc1ccc(CNC(=O)c2ccc3c(c2)c(=O)n(CC=C(C)C)c(=O)n3C)cc1. The highest BCUT2D eigenvalue weighted by molar-refractivity contribution is 5.97. The van der Waals surface area contributed by atoms with Gasteiger partial charge in [0.15, 0.2) is 0 Å². The first-order chi connectivity index (χ1) is 14.3. The van der Waals surface area contributed by atoms with Crippen molar-refractivity contribution in [1.29, 1.82) is 0 Å². The molecule has 3 rings (SSSR count). The molecule has 156 valence electrons. The second kappa shape index (κ2) is 8.82. The zero-order chi connectivity index (χ0) is 21.8. The maximum Gasteiger partial charge on any atom is 0.331 e. The van der Waals surface area contributed by atoms with Crippen LogP contribution in [0.3, 0.4) is 0 Å². The quantitative estimate of drug-likeness (QED) is 0.637. The lowest BCUT2D eigenvalue weighted by Gasteiger charge is -2.11. The molecule has 0 unspecified atom stereocenters. The van der Waals surface area contributed by atoms with Crippen molar-refractivity contribution in [2.24, 2.45) is 7.05 Å². The minimum atomic E-state index is -0.407. The van der Waals surface area contributed by atoms with E-state index in [1.54, 1.807) is 32.4 Å². The molecule has 0 fully saturated rings. The molecule has 3 aromatic rings. The van der Waals surface area contributed by atoms with Crippen molar-refractivity contribution in [3.63, 3.8) is 0 Å². The second-order valence-corrected chi connectivity index (χ2v) is 7.30. The van der Waals surface area contributed by atoms with E-state index < -0.39 is 5.56 Å². The fraction of sp³-hybridized carbons (Fsp3) is 0.261. The molecule has 1 N–H and O–H groups in total.